The summed E-state index contributed by atoms with van der Waals surface area (Å²) in [6.45, 7) is 6.80. The molecule has 182 valence electrons. The first kappa shape index (κ1) is 24.2. The third-order valence-electron chi connectivity index (χ3n) is 6.56. The van der Waals surface area contributed by atoms with Crippen LogP contribution in [0.2, 0.25) is 0 Å². The second-order valence-electron chi connectivity index (χ2n) is 8.78. The van der Waals surface area contributed by atoms with Gasteiger partial charge in [-0.3, -0.25) is 19.4 Å². The molecule has 2 amide bonds. The second kappa shape index (κ2) is 11.5. The van der Waals surface area contributed by atoms with Gasteiger partial charge >= 0.3 is 0 Å². The van der Waals surface area contributed by atoms with Gasteiger partial charge in [0.25, 0.3) is 11.8 Å². The van der Waals surface area contributed by atoms with E-state index in [0.29, 0.717) is 36.6 Å². The van der Waals surface area contributed by atoms with Crippen molar-refractivity contribution in [1.29, 1.82) is 0 Å². The molecule has 2 aromatic carbocycles. The van der Waals surface area contributed by atoms with Crippen LogP contribution in [0.4, 0.5) is 0 Å². The molecule has 2 aliphatic rings. The van der Waals surface area contributed by atoms with Gasteiger partial charge in [-0.05, 0) is 42.9 Å². The minimum Gasteiger partial charge on any atom is -0.492 e. The number of nitrogens with zero attached hydrogens (tertiary/aromatic N) is 3. The summed E-state index contributed by atoms with van der Waals surface area (Å²) in [6.07, 6.45) is 0. The van der Waals surface area contributed by atoms with Gasteiger partial charge in [-0.2, -0.15) is 0 Å². The van der Waals surface area contributed by atoms with Crippen LogP contribution >= 0.6 is 0 Å². The maximum atomic E-state index is 13.3. The molecule has 0 spiro atoms. The number of carbonyl (C=O) groups is 2. The van der Waals surface area contributed by atoms with Crippen molar-refractivity contribution in [2.24, 2.45) is 0 Å². The van der Waals surface area contributed by atoms with Crippen molar-refractivity contribution in [1.82, 2.24) is 20.0 Å². The first-order valence-electron chi connectivity index (χ1n) is 11.9. The van der Waals surface area contributed by atoms with Crippen LogP contribution in [0.3, 0.4) is 0 Å². The number of piperazine rings is 1. The highest BCUT2D eigenvalue weighted by molar-refractivity contribution is 5.95. The number of likely N-dealkylation sites (N-methyl/N-ethyl adjacent to an activating group) is 1. The molecule has 2 heterocycles. The molecule has 1 unspecified atom stereocenters. The van der Waals surface area contributed by atoms with Crippen LogP contribution in [-0.4, -0.2) is 99.7 Å². The standard InChI is InChI=1S/C26H34N4O4/c1-27-25(31)21-6-3-5-20(17-21)24-19-30(10-9-28(24)2)26(32)22-7-4-8-23(18-22)34-16-13-29-11-14-33-15-12-29/h3-8,17-18,24H,9-16,19H2,1-2H3,(H,27,31). The summed E-state index contributed by atoms with van der Waals surface area (Å²) in [7, 11) is 3.69. The fourth-order valence-electron chi connectivity index (χ4n) is 4.47. The molecular weight excluding hydrogens is 432 g/mol. The Morgan fingerprint density at radius 1 is 1.03 bits per heavy atom. The van der Waals surface area contributed by atoms with E-state index in [1.54, 1.807) is 13.1 Å². The van der Waals surface area contributed by atoms with Gasteiger partial charge in [0.1, 0.15) is 12.4 Å². The molecule has 1 atom stereocenters. The number of nitrogens with one attached hydrogen (secondary N) is 1. The van der Waals surface area contributed by atoms with Gasteiger partial charge < -0.3 is 19.7 Å². The van der Waals surface area contributed by atoms with Gasteiger partial charge in [0.15, 0.2) is 0 Å². The largest absolute Gasteiger partial charge is 0.492 e. The minimum absolute atomic E-state index is 0.000755. The highest BCUT2D eigenvalue weighted by Crippen LogP contribution is 2.26. The number of benzene rings is 2. The number of carbonyl (C=O) groups excluding carboxylic acids is 2. The Morgan fingerprint density at radius 2 is 1.79 bits per heavy atom. The summed E-state index contributed by atoms with van der Waals surface area (Å²) < 4.78 is 11.3. The average Bonchev–Trinajstić information content (AvgIpc) is 2.89. The van der Waals surface area contributed by atoms with Gasteiger partial charge in [-0.15, -0.1) is 0 Å². The van der Waals surface area contributed by atoms with Crippen molar-refractivity contribution < 1.29 is 19.1 Å². The molecule has 2 saturated heterocycles. The zero-order valence-corrected chi connectivity index (χ0v) is 20.0. The third-order valence-corrected chi connectivity index (χ3v) is 6.56. The van der Waals surface area contributed by atoms with Crippen LogP contribution in [0, 0.1) is 0 Å². The van der Waals surface area contributed by atoms with Gasteiger partial charge in [0.2, 0.25) is 0 Å². The molecule has 0 saturated carbocycles. The monoisotopic (exact) mass is 466 g/mol. The van der Waals surface area contributed by atoms with E-state index in [4.69, 9.17) is 9.47 Å². The lowest BCUT2D eigenvalue weighted by atomic mass is 9.99. The van der Waals surface area contributed by atoms with E-state index in [1.165, 1.54) is 0 Å². The SMILES string of the molecule is CNC(=O)c1cccc(C2CN(C(=O)c3cccc(OCCN4CCOCC4)c3)CCN2C)c1. The van der Waals surface area contributed by atoms with Crippen LogP contribution in [0.1, 0.15) is 32.3 Å². The van der Waals surface area contributed by atoms with Crippen molar-refractivity contribution in [3.8, 4) is 5.75 Å². The predicted octanol–water partition coefficient (Wildman–Crippen LogP) is 1.89. The highest BCUT2D eigenvalue weighted by atomic mass is 16.5. The molecule has 2 fully saturated rings. The normalized spacial score (nSPS) is 19.6. The Morgan fingerprint density at radius 3 is 2.59 bits per heavy atom. The van der Waals surface area contributed by atoms with E-state index in [9.17, 15) is 9.59 Å². The molecule has 0 aliphatic carbocycles. The molecule has 0 radical (unpaired) electrons. The van der Waals surface area contributed by atoms with E-state index in [0.717, 1.165) is 45.0 Å². The molecule has 1 N–H and O–H groups in total. The van der Waals surface area contributed by atoms with Crippen LogP contribution < -0.4 is 10.1 Å². The molecular formula is C26H34N4O4. The van der Waals surface area contributed by atoms with E-state index >= 15 is 0 Å². The summed E-state index contributed by atoms with van der Waals surface area (Å²) in [5.74, 6) is 0.598. The highest BCUT2D eigenvalue weighted by Gasteiger charge is 2.29. The molecule has 8 heteroatoms. The zero-order chi connectivity index (χ0) is 23.9. The summed E-state index contributed by atoms with van der Waals surface area (Å²) in [5.41, 5.74) is 2.28. The Hall–Kier alpha value is -2.94. The number of morpholine rings is 1. The minimum atomic E-state index is -0.112. The third kappa shape index (κ3) is 5.94. The smallest absolute Gasteiger partial charge is 0.254 e. The van der Waals surface area contributed by atoms with Crippen molar-refractivity contribution in [2.45, 2.75) is 6.04 Å². The topological polar surface area (TPSA) is 74.3 Å². The molecule has 4 rings (SSSR count). The zero-order valence-electron chi connectivity index (χ0n) is 20.0. The van der Waals surface area contributed by atoms with Crippen LogP contribution in [0.5, 0.6) is 5.75 Å². The van der Waals surface area contributed by atoms with Crippen molar-refractivity contribution in [2.75, 3.05) is 73.2 Å². The van der Waals surface area contributed by atoms with Crippen molar-refractivity contribution in [3.63, 3.8) is 0 Å². The summed E-state index contributed by atoms with van der Waals surface area (Å²) in [5, 5.41) is 2.67. The number of amides is 2. The lowest BCUT2D eigenvalue weighted by molar-refractivity contribution is 0.0322. The average molecular weight is 467 g/mol. The Labute approximate surface area is 201 Å². The molecule has 8 nitrogen and oxygen atoms in total. The molecule has 0 bridgehead atoms. The molecule has 34 heavy (non-hydrogen) atoms. The fraction of sp³-hybridized carbons (Fsp3) is 0.462. The molecule has 0 aromatic heterocycles. The number of hydrogen-bond donors (Lipinski definition) is 1. The molecule has 2 aliphatic heterocycles. The van der Waals surface area contributed by atoms with Crippen LogP contribution in [-0.2, 0) is 4.74 Å². The first-order chi connectivity index (χ1) is 16.5. The second-order valence-corrected chi connectivity index (χ2v) is 8.78. The summed E-state index contributed by atoms with van der Waals surface area (Å²) in [6, 6.07) is 15.1. The quantitative estimate of drug-likeness (QED) is 0.672. The van der Waals surface area contributed by atoms with Gasteiger partial charge in [-0.1, -0.05) is 18.2 Å². The van der Waals surface area contributed by atoms with Gasteiger partial charge in [-0.25, -0.2) is 0 Å². The maximum absolute atomic E-state index is 13.3. The van der Waals surface area contributed by atoms with E-state index in [1.807, 2.05) is 47.4 Å². The van der Waals surface area contributed by atoms with Crippen LogP contribution in [0.25, 0.3) is 0 Å². The first-order valence-corrected chi connectivity index (χ1v) is 11.9. The predicted molar refractivity (Wildman–Crippen MR) is 130 cm³/mol. The lowest BCUT2D eigenvalue weighted by Crippen LogP contribution is -2.49. The maximum Gasteiger partial charge on any atom is 0.254 e. The van der Waals surface area contributed by atoms with Crippen LogP contribution in [0.15, 0.2) is 48.5 Å². The van der Waals surface area contributed by atoms with Gasteiger partial charge in [0, 0.05) is 57.4 Å². The Bertz CT molecular complexity index is 992. The lowest BCUT2D eigenvalue weighted by Gasteiger charge is -2.40. The summed E-state index contributed by atoms with van der Waals surface area (Å²) >= 11 is 0. The number of hydrogen-bond acceptors (Lipinski definition) is 6. The fourth-order valence-corrected chi connectivity index (χ4v) is 4.47. The number of rotatable bonds is 7. The Kier molecular flexibility index (Phi) is 8.16. The van der Waals surface area contributed by atoms with E-state index in [2.05, 4.69) is 22.2 Å². The molecule has 2 aromatic rings. The van der Waals surface area contributed by atoms with E-state index in [-0.39, 0.29) is 17.9 Å². The summed E-state index contributed by atoms with van der Waals surface area (Å²) in [4.78, 5) is 31.9. The van der Waals surface area contributed by atoms with Gasteiger partial charge in [0.05, 0.1) is 19.3 Å². The van der Waals surface area contributed by atoms with E-state index < -0.39 is 0 Å². The number of ether oxygens (including phenoxy) is 2. The van der Waals surface area contributed by atoms with Crippen molar-refractivity contribution >= 4 is 11.8 Å². The van der Waals surface area contributed by atoms with Crippen molar-refractivity contribution in [3.05, 3.63) is 65.2 Å². The Balaban J connectivity index is 1.39.